The van der Waals surface area contributed by atoms with Gasteiger partial charge in [-0.2, -0.15) is 21.6 Å². The van der Waals surface area contributed by atoms with Gasteiger partial charge in [-0.1, -0.05) is 36.8 Å². The summed E-state index contributed by atoms with van der Waals surface area (Å²) >= 11 is 5.75. The molecular formula is C15H17ClF3NO3S. The topological polar surface area (TPSA) is 69.4 Å². The second kappa shape index (κ2) is 7.64. The van der Waals surface area contributed by atoms with Crippen LogP contribution in [0.25, 0.3) is 0 Å². The Kier molecular flexibility index (Phi) is 6.56. The van der Waals surface area contributed by atoms with Crippen LogP contribution in [0.5, 0.6) is 0 Å². The van der Waals surface area contributed by atoms with Crippen molar-refractivity contribution in [3.63, 3.8) is 0 Å². The minimum Gasteiger partial charge on any atom is -0.398 e. The molecule has 4 nitrogen and oxygen atoms in total. The summed E-state index contributed by atoms with van der Waals surface area (Å²) in [7, 11) is -4.51. The van der Waals surface area contributed by atoms with Gasteiger partial charge in [-0.05, 0) is 24.6 Å². The molecule has 0 heterocycles. The number of anilines is 1. The van der Waals surface area contributed by atoms with Gasteiger partial charge in [0.05, 0.1) is 6.26 Å². The molecular weight excluding hydrogens is 367 g/mol. The molecule has 0 saturated heterocycles. The summed E-state index contributed by atoms with van der Waals surface area (Å²) in [6.07, 6.45) is -3.21. The summed E-state index contributed by atoms with van der Waals surface area (Å²) in [6, 6.07) is 3.33. The molecule has 0 aliphatic heterocycles. The molecule has 0 spiro atoms. The Balaban J connectivity index is 3.68. The molecule has 24 heavy (non-hydrogen) atoms. The first-order chi connectivity index (χ1) is 10.9. The Morgan fingerprint density at radius 1 is 1.33 bits per heavy atom. The number of halogens is 4. The smallest absolute Gasteiger partial charge is 0.398 e. The van der Waals surface area contributed by atoms with Crippen molar-refractivity contribution in [2.45, 2.75) is 38.0 Å². The first-order valence-electron chi connectivity index (χ1n) is 6.96. The van der Waals surface area contributed by atoms with E-state index in [4.69, 9.17) is 17.3 Å². The molecule has 2 N–H and O–H groups in total. The molecule has 1 aromatic rings. The highest BCUT2D eigenvalue weighted by molar-refractivity contribution is 7.86. The summed E-state index contributed by atoms with van der Waals surface area (Å²) in [4.78, 5) is 0. The fourth-order valence-corrected chi connectivity index (χ4v) is 2.77. The van der Waals surface area contributed by atoms with Gasteiger partial charge in [0.2, 0.25) is 0 Å². The number of nitrogen functional groups attached to an aromatic ring is 1. The van der Waals surface area contributed by atoms with Crippen LogP contribution in [0.4, 0.5) is 18.9 Å². The SMILES string of the molecule is CCCCC#C[C@@](OS(C)(=O)=O)(c1cc(Cl)ccc1N)C(F)(F)F. The highest BCUT2D eigenvalue weighted by atomic mass is 35.5. The maximum atomic E-state index is 13.8. The second-order valence-corrected chi connectivity index (χ2v) is 7.11. The standard InChI is InChI=1S/C15H17ClF3NO3S/c1-3-4-5-6-9-14(15(17,18)19,23-24(2,21)22)12-10-11(16)7-8-13(12)20/h7-8,10H,3-5,20H2,1-2H3/t14-/m1/s1. The van der Waals surface area contributed by atoms with E-state index in [1.165, 1.54) is 6.07 Å². The Morgan fingerprint density at radius 2 is 1.96 bits per heavy atom. The van der Waals surface area contributed by atoms with E-state index in [0.29, 0.717) is 12.7 Å². The van der Waals surface area contributed by atoms with Crippen LogP contribution in [0.3, 0.4) is 0 Å². The lowest BCUT2D eigenvalue weighted by molar-refractivity contribution is -0.228. The van der Waals surface area contributed by atoms with Crippen molar-refractivity contribution in [2.75, 3.05) is 12.0 Å². The van der Waals surface area contributed by atoms with Crippen LogP contribution in [0.15, 0.2) is 18.2 Å². The van der Waals surface area contributed by atoms with E-state index in [0.717, 1.165) is 18.6 Å². The van der Waals surface area contributed by atoms with E-state index in [2.05, 4.69) is 10.1 Å². The molecule has 134 valence electrons. The number of alkyl halides is 3. The third-order valence-corrected chi connectivity index (χ3v) is 3.78. The van der Waals surface area contributed by atoms with Crippen LogP contribution >= 0.6 is 11.6 Å². The second-order valence-electron chi connectivity index (χ2n) is 5.10. The van der Waals surface area contributed by atoms with Gasteiger partial charge in [0, 0.05) is 22.7 Å². The lowest BCUT2D eigenvalue weighted by atomic mass is 9.92. The molecule has 0 aliphatic carbocycles. The zero-order valence-electron chi connectivity index (χ0n) is 13.1. The number of rotatable bonds is 5. The summed E-state index contributed by atoms with van der Waals surface area (Å²) in [5, 5.41) is -0.0553. The predicted octanol–water partition coefficient (Wildman–Crippen LogP) is 3.85. The minimum atomic E-state index is -5.16. The third-order valence-electron chi connectivity index (χ3n) is 2.99. The Bertz CT molecular complexity index is 753. The van der Waals surface area contributed by atoms with Gasteiger partial charge in [0.25, 0.3) is 15.7 Å². The molecule has 0 aromatic heterocycles. The number of hydrogen-bond donors (Lipinski definition) is 1. The average molecular weight is 384 g/mol. The van der Waals surface area contributed by atoms with Gasteiger partial charge in [0.1, 0.15) is 0 Å². The quantitative estimate of drug-likeness (QED) is 0.363. The number of benzene rings is 1. The Hall–Kier alpha value is -1.43. The molecule has 0 aliphatic rings. The monoisotopic (exact) mass is 383 g/mol. The number of nitrogens with two attached hydrogens (primary N) is 1. The van der Waals surface area contributed by atoms with Gasteiger partial charge in [-0.25, -0.2) is 4.18 Å². The van der Waals surface area contributed by atoms with Crippen molar-refractivity contribution in [1.82, 2.24) is 0 Å². The van der Waals surface area contributed by atoms with Gasteiger partial charge in [-0.15, -0.1) is 0 Å². The average Bonchev–Trinajstić information content (AvgIpc) is 2.42. The van der Waals surface area contributed by atoms with Gasteiger partial charge in [0.15, 0.2) is 0 Å². The van der Waals surface area contributed by atoms with E-state index in [9.17, 15) is 21.6 Å². The molecule has 9 heteroatoms. The molecule has 1 aromatic carbocycles. The van der Waals surface area contributed by atoms with E-state index in [-0.39, 0.29) is 17.1 Å². The minimum absolute atomic E-state index is 0.0553. The van der Waals surface area contributed by atoms with Crippen LogP contribution in [0, 0.1) is 11.8 Å². The summed E-state index contributed by atoms with van der Waals surface area (Å²) in [5.41, 5.74) is 1.22. The molecule has 0 bridgehead atoms. The van der Waals surface area contributed by atoms with Crippen LogP contribution < -0.4 is 5.73 Å². The normalized spacial score (nSPS) is 14.6. The van der Waals surface area contributed by atoms with Crippen molar-refractivity contribution >= 4 is 27.4 Å². The van der Waals surface area contributed by atoms with Gasteiger partial charge >= 0.3 is 6.18 Å². The maximum Gasteiger partial charge on any atom is 0.434 e. The first kappa shape index (κ1) is 20.6. The van der Waals surface area contributed by atoms with Crippen LogP contribution in [0.1, 0.15) is 31.7 Å². The molecule has 1 atom stereocenters. The highest BCUT2D eigenvalue weighted by Crippen LogP contribution is 2.45. The Morgan fingerprint density at radius 3 is 2.46 bits per heavy atom. The predicted molar refractivity (Wildman–Crippen MR) is 86.8 cm³/mol. The summed E-state index contributed by atoms with van der Waals surface area (Å²) in [6.45, 7) is 1.85. The largest absolute Gasteiger partial charge is 0.434 e. The zero-order valence-corrected chi connectivity index (χ0v) is 14.6. The van der Waals surface area contributed by atoms with Crippen molar-refractivity contribution in [3.05, 3.63) is 28.8 Å². The van der Waals surface area contributed by atoms with E-state index < -0.39 is 27.5 Å². The molecule has 0 unspecified atom stereocenters. The fraction of sp³-hybridized carbons (Fsp3) is 0.467. The van der Waals surface area contributed by atoms with Crippen molar-refractivity contribution in [2.24, 2.45) is 0 Å². The van der Waals surface area contributed by atoms with Gasteiger partial charge in [-0.3, -0.25) is 0 Å². The molecule has 1 rings (SSSR count). The van der Waals surface area contributed by atoms with Crippen molar-refractivity contribution < 1.29 is 25.8 Å². The lowest BCUT2D eigenvalue weighted by Crippen LogP contribution is -2.45. The zero-order chi connectivity index (χ0) is 18.6. The lowest BCUT2D eigenvalue weighted by Gasteiger charge is -2.31. The van der Waals surface area contributed by atoms with E-state index >= 15 is 0 Å². The van der Waals surface area contributed by atoms with Crippen molar-refractivity contribution in [1.29, 1.82) is 0 Å². The first-order valence-corrected chi connectivity index (χ1v) is 9.15. The molecule has 0 amide bonds. The summed E-state index contributed by atoms with van der Waals surface area (Å²) in [5.74, 6) is 4.28. The number of hydrogen-bond acceptors (Lipinski definition) is 4. The maximum absolute atomic E-state index is 13.8. The van der Waals surface area contributed by atoms with Crippen LogP contribution in [-0.4, -0.2) is 20.8 Å². The van der Waals surface area contributed by atoms with Crippen molar-refractivity contribution in [3.8, 4) is 11.8 Å². The third kappa shape index (κ3) is 5.03. The highest BCUT2D eigenvalue weighted by Gasteiger charge is 2.60. The molecule has 0 fully saturated rings. The fourth-order valence-electron chi connectivity index (χ4n) is 1.92. The van der Waals surface area contributed by atoms with Crippen LogP contribution in [0.2, 0.25) is 5.02 Å². The number of unbranched alkanes of at least 4 members (excludes halogenated alkanes) is 2. The molecule has 0 radical (unpaired) electrons. The van der Waals surface area contributed by atoms with Gasteiger partial charge < -0.3 is 5.73 Å². The molecule has 0 saturated carbocycles. The van der Waals surface area contributed by atoms with E-state index in [1.54, 1.807) is 0 Å². The van der Waals surface area contributed by atoms with Crippen LogP contribution in [-0.2, 0) is 19.9 Å². The Labute approximate surface area is 144 Å². The van der Waals surface area contributed by atoms with E-state index in [1.807, 2.05) is 12.8 Å². The summed E-state index contributed by atoms with van der Waals surface area (Å²) < 4.78 is 68.9.